The van der Waals surface area contributed by atoms with E-state index < -0.39 is 0 Å². The molecule has 0 amide bonds. The first kappa shape index (κ1) is 14.7. The number of hydrogen-bond acceptors (Lipinski definition) is 3. The molecule has 0 spiro atoms. The Kier molecular flexibility index (Phi) is 5.71. The predicted molar refractivity (Wildman–Crippen MR) is 81.6 cm³/mol. The highest BCUT2D eigenvalue weighted by molar-refractivity contribution is 5.20. The summed E-state index contributed by atoms with van der Waals surface area (Å²) in [4.78, 5) is 4.41. The molecule has 2 unspecified atom stereocenters. The smallest absolute Gasteiger partial charge is 0.0981 e. The Morgan fingerprint density at radius 2 is 1.85 bits per heavy atom. The lowest BCUT2D eigenvalue weighted by atomic mass is 9.98. The van der Waals surface area contributed by atoms with Crippen LogP contribution in [0.2, 0.25) is 0 Å². The van der Waals surface area contributed by atoms with E-state index in [-0.39, 0.29) is 12.1 Å². The topological polar surface area (TPSA) is 34.1 Å². The molecule has 1 aromatic carbocycles. The van der Waals surface area contributed by atoms with E-state index in [9.17, 15) is 0 Å². The third-order valence-electron chi connectivity index (χ3n) is 3.37. The molecule has 0 saturated carbocycles. The van der Waals surface area contributed by atoms with Gasteiger partial charge in [-0.3, -0.25) is 4.98 Å². The van der Waals surface area contributed by atoms with E-state index in [0.29, 0.717) is 6.61 Å². The normalized spacial score (nSPS) is 13.9. The van der Waals surface area contributed by atoms with Crippen molar-refractivity contribution in [3.63, 3.8) is 0 Å². The Hall–Kier alpha value is -1.71. The summed E-state index contributed by atoms with van der Waals surface area (Å²) in [6, 6.07) is 16.6. The summed E-state index contributed by atoms with van der Waals surface area (Å²) in [7, 11) is 1.97. The van der Waals surface area contributed by atoms with Gasteiger partial charge >= 0.3 is 0 Å². The summed E-state index contributed by atoms with van der Waals surface area (Å²) >= 11 is 0. The van der Waals surface area contributed by atoms with Crippen LogP contribution in [0.25, 0.3) is 0 Å². The molecule has 0 bridgehead atoms. The molecule has 2 aromatic rings. The maximum atomic E-state index is 5.96. The molecule has 0 fully saturated rings. The average molecular weight is 270 g/mol. The molecule has 2 atom stereocenters. The van der Waals surface area contributed by atoms with Crippen LogP contribution >= 0.6 is 0 Å². The van der Waals surface area contributed by atoms with Gasteiger partial charge in [0.25, 0.3) is 0 Å². The molecule has 3 nitrogen and oxygen atoms in total. The Balaban J connectivity index is 2.17. The fraction of sp³-hybridized carbons (Fsp3) is 0.353. The van der Waals surface area contributed by atoms with Gasteiger partial charge in [0.2, 0.25) is 0 Å². The Labute approximate surface area is 121 Å². The lowest BCUT2D eigenvalue weighted by Crippen LogP contribution is -2.36. The number of hydrogen-bond donors (Lipinski definition) is 1. The molecule has 0 aliphatic heterocycles. The van der Waals surface area contributed by atoms with Crippen LogP contribution in [0.15, 0.2) is 54.7 Å². The van der Waals surface area contributed by atoms with Crippen LogP contribution in [-0.2, 0) is 11.2 Å². The van der Waals surface area contributed by atoms with Crippen LogP contribution in [0.3, 0.4) is 0 Å². The standard InChI is InChI=1S/C17H22N2O/c1-3-20-17(14-9-5-4-6-10-14)16(18-2)13-15-11-7-8-12-19-15/h4-12,16-18H,3,13H2,1-2H3. The summed E-state index contributed by atoms with van der Waals surface area (Å²) in [6.45, 7) is 2.73. The van der Waals surface area contributed by atoms with Crippen molar-refractivity contribution in [3.8, 4) is 0 Å². The molecule has 3 heteroatoms. The van der Waals surface area contributed by atoms with Gasteiger partial charge < -0.3 is 10.1 Å². The van der Waals surface area contributed by atoms with Crippen molar-refractivity contribution in [2.75, 3.05) is 13.7 Å². The molecule has 0 aliphatic rings. The zero-order valence-electron chi connectivity index (χ0n) is 12.1. The van der Waals surface area contributed by atoms with Crippen LogP contribution in [0.5, 0.6) is 0 Å². The summed E-state index contributed by atoms with van der Waals surface area (Å²) in [6.07, 6.45) is 2.71. The minimum Gasteiger partial charge on any atom is -0.372 e. The predicted octanol–water partition coefficient (Wildman–Crippen LogP) is 2.99. The summed E-state index contributed by atoms with van der Waals surface area (Å²) in [5.41, 5.74) is 2.28. The summed E-state index contributed by atoms with van der Waals surface area (Å²) in [5.74, 6) is 0. The number of nitrogens with one attached hydrogen (secondary N) is 1. The van der Waals surface area contributed by atoms with E-state index in [2.05, 4.69) is 40.6 Å². The van der Waals surface area contributed by atoms with E-state index in [1.807, 2.05) is 38.4 Å². The molecule has 1 aromatic heterocycles. The fourth-order valence-corrected chi connectivity index (χ4v) is 2.37. The largest absolute Gasteiger partial charge is 0.372 e. The van der Waals surface area contributed by atoms with Crippen molar-refractivity contribution in [1.82, 2.24) is 10.3 Å². The van der Waals surface area contributed by atoms with Crippen LogP contribution < -0.4 is 5.32 Å². The number of nitrogens with zero attached hydrogens (tertiary/aromatic N) is 1. The van der Waals surface area contributed by atoms with Crippen LogP contribution in [0, 0.1) is 0 Å². The minimum absolute atomic E-state index is 0.0354. The minimum atomic E-state index is 0.0354. The Morgan fingerprint density at radius 1 is 1.10 bits per heavy atom. The molecular weight excluding hydrogens is 248 g/mol. The summed E-state index contributed by atoms with van der Waals surface area (Å²) in [5, 5.41) is 3.37. The number of pyridine rings is 1. The second kappa shape index (κ2) is 7.78. The van der Waals surface area contributed by atoms with Crippen LogP contribution in [0.1, 0.15) is 24.3 Å². The van der Waals surface area contributed by atoms with Gasteiger partial charge in [0.05, 0.1) is 6.10 Å². The van der Waals surface area contributed by atoms with E-state index in [1.54, 1.807) is 0 Å². The zero-order chi connectivity index (χ0) is 14.2. The van der Waals surface area contributed by atoms with Crippen molar-refractivity contribution in [2.45, 2.75) is 25.5 Å². The highest BCUT2D eigenvalue weighted by atomic mass is 16.5. The van der Waals surface area contributed by atoms with Gasteiger partial charge in [0, 0.05) is 31.0 Å². The Morgan fingerprint density at radius 3 is 2.45 bits per heavy atom. The fourth-order valence-electron chi connectivity index (χ4n) is 2.37. The average Bonchev–Trinajstić information content (AvgIpc) is 2.52. The van der Waals surface area contributed by atoms with Crippen molar-refractivity contribution in [1.29, 1.82) is 0 Å². The lowest BCUT2D eigenvalue weighted by Gasteiger charge is -2.27. The van der Waals surface area contributed by atoms with E-state index >= 15 is 0 Å². The van der Waals surface area contributed by atoms with Gasteiger partial charge in [-0.2, -0.15) is 0 Å². The van der Waals surface area contributed by atoms with Crippen LogP contribution in [0.4, 0.5) is 0 Å². The first-order chi connectivity index (χ1) is 9.85. The number of benzene rings is 1. The van der Waals surface area contributed by atoms with E-state index in [0.717, 1.165) is 12.1 Å². The van der Waals surface area contributed by atoms with Crippen molar-refractivity contribution in [3.05, 3.63) is 66.0 Å². The maximum absolute atomic E-state index is 5.96. The van der Waals surface area contributed by atoms with E-state index in [4.69, 9.17) is 4.74 Å². The molecule has 20 heavy (non-hydrogen) atoms. The molecule has 1 heterocycles. The quantitative estimate of drug-likeness (QED) is 0.840. The molecule has 0 aliphatic carbocycles. The molecule has 106 valence electrons. The third kappa shape index (κ3) is 3.89. The number of likely N-dealkylation sites (N-methyl/N-ethyl adjacent to an activating group) is 1. The number of ether oxygens (including phenoxy) is 1. The van der Waals surface area contributed by atoms with Gasteiger partial charge in [-0.05, 0) is 31.7 Å². The molecule has 0 radical (unpaired) electrons. The molecule has 0 saturated heterocycles. The number of rotatable bonds is 7. The highest BCUT2D eigenvalue weighted by Crippen LogP contribution is 2.23. The second-order valence-electron chi connectivity index (χ2n) is 4.71. The van der Waals surface area contributed by atoms with Gasteiger partial charge in [-0.1, -0.05) is 36.4 Å². The van der Waals surface area contributed by atoms with Crippen molar-refractivity contribution >= 4 is 0 Å². The van der Waals surface area contributed by atoms with Crippen molar-refractivity contribution < 1.29 is 4.74 Å². The van der Waals surface area contributed by atoms with E-state index in [1.165, 1.54) is 5.56 Å². The van der Waals surface area contributed by atoms with Gasteiger partial charge in [0.15, 0.2) is 0 Å². The van der Waals surface area contributed by atoms with Gasteiger partial charge in [0.1, 0.15) is 0 Å². The highest BCUT2D eigenvalue weighted by Gasteiger charge is 2.22. The Bertz CT molecular complexity index is 487. The summed E-state index contributed by atoms with van der Waals surface area (Å²) < 4.78 is 5.96. The lowest BCUT2D eigenvalue weighted by molar-refractivity contribution is 0.0350. The van der Waals surface area contributed by atoms with Crippen LogP contribution in [-0.4, -0.2) is 24.7 Å². The third-order valence-corrected chi connectivity index (χ3v) is 3.37. The van der Waals surface area contributed by atoms with Crippen molar-refractivity contribution in [2.24, 2.45) is 0 Å². The monoisotopic (exact) mass is 270 g/mol. The molecule has 2 rings (SSSR count). The van der Waals surface area contributed by atoms with Gasteiger partial charge in [-0.25, -0.2) is 0 Å². The SMILES string of the molecule is CCOC(c1ccccc1)C(Cc1ccccn1)NC. The molecule has 1 N–H and O–H groups in total. The first-order valence-corrected chi connectivity index (χ1v) is 7.09. The maximum Gasteiger partial charge on any atom is 0.0981 e. The second-order valence-corrected chi connectivity index (χ2v) is 4.71. The molecular formula is C17H22N2O. The van der Waals surface area contributed by atoms with Gasteiger partial charge in [-0.15, -0.1) is 0 Å². The zero-order valence-corrected chi connectivity index (χ0v) is 12.1. The first-order valence-electron chi connectivity index (χ1n) is 7.09. The number of aromatic nitrogens is 1.